The van der Waals surface area contributed by atoms with Gasteiger partial charge >= 0.3 is 5.97 Å². The van der Waals surface area contributed by atoms with Crippen molar-refractivity contribution in [2.45, 2.75) is 25.7 Å². The van der Waals surface area contributed by atoms with Crippen molar-refractivity contribution in [1.29, 1.82) is 0 Å². The molecule has 1 fully saturated rings. The summed E-state index contributed by atoms with van der Waals surface area (Å²) in [7, 11) is 0. The van der Waals surface area contributed by atoms with Gasteiger partial charge in [-0.05, 0) is 42.9 Å². The molecule has 0 atom stereocenters. The van der Waals surface area contributed by atoms with Crippen LogP contribution in [0.3, 0.4) is 0 Å². The zero-order valence-corrected chi connectivity index (χ0v) is 9.32. The zero-order chi connectivity index (χ0) is 11.4. The normalized spacial score (nSPS) is 14.8. The highest BCUT2D eigenvalue weighted by molar-refractivity contribution is 5.69. The fourth-order valence-electron chi connectivity index (χ4n) is 1.50. The van der Waals surface area contributed by atoms with Gasteiger partial charge in [-0.15, -0.1) is 0 Å². The molecule has 86 valence electrons. The van der Waals surface area contributed by atoms with Gasteiger partial charge in [0.15, 0.2) is 0 Å². The second-order valence-electron chi connectivity index (χ2n) is 4.37. The number of carbonyl (C=O) groups excluding carboxylic acids is 1. The average molecular weight is 219 g/mol. The lowest BCUT2D eigenvalue weighted by Gasteiger charge is -2.04. The fraction of sp³-hybridized carbons (Fsp3) is 0.462. The van der Waals surface area contributed by atoms with Crippen LogP contribution >= 0.6 is 0 Å². The Morgan fingerprint density at radius 2 is 2.00 bits per heavy atom. The van der Waals surface area contributed by atoms with Crippen LogP contribution in [-0.2, 0) is 16.0 Å². The highest BCUT2D eigenvalue weighted by atomic mass is 16.5. The maximum absolute atomic E-state index is 11.4. The number of esters is 1. The molecule has 16 heavy (non-hydrogen) atoms. The van der Waals surface area contributed by atoms with Crippen molar-refractivity contribution < 1.29 is 9.53 Å². The van der Waals surface area contributed by atoms with Crippen LogP contribution in [0.15, 0.2) is 24.3 Å². The Labute approximate surface area is 95.6 Å². The summed E-state index contributed by atoms with van der Waals surface area (Å²) in [5.41, 5.74) is 7.45. The molecule has 0 aliphatic heterocycles. The van der Waals surface area contributed by atoms with Gasteiger partial charge < -0.3 is 10.5 Å². The average Bonchev–Trinajstić information content (AvgIpc) is 3.09. The second-order valence-corrected chi connectivity index (χ2v) is 4.37. The highest BCUT2D eigenvalue weighted by Gasteiger charge is 2.22. The van der Waals surface area contributed by atoms with Crippen molar-refractivity contribution in [2.75, 3.05) is 12.3 Å². The van der Waals surface area contributed by atoms with Gasteiger partial charge in [0.2, 0.25) is 0 Å². The van der Waals surface area contributed by atoms with E-state index in [9.17, 15) is 4.79 Å². The largest absolute Gasteiger partial charge is 0.465 e. The van der Waals surface area contributed by atoms with E-state index in [-0.39, 0.29) is 5.97 Å². The summed E-state index contributed by atoms with van der Waals surface area (Å²) in [6, 6.07) is 7.60. The van der Waals surface area contributed by atoms with Gasteiger partial charge in [-0.3, -0.25) is 4.79 Å². The quantitative estimate of drug-likeness (QED) is 0.610. The third-order valence-electron chi connectivity index (χ3n) is 2.77. The summed E-state index contributed by atoms with van der Waals surface area (Å²) in [5, 5.41) is 0. The summed E-state index contributed by atoms with van der Waals surface area (Å²) >= 11 is 0. The molecule has 0 unspecified atom stereocenters. The Morgan fingerprint density at radius 3 is 2.62 bits per heavy atom. The molecule has 0 aromatic heterocycles. The van der Waals surface area contributed by atoms with E-state index in [1.807, 2.05) is 24.3 Å². The number of anilines is 1. The first kappa shape index (κ1) is 11.0. The molecule has 0 amide bonds. The third-order valence-corrected chi connectivity index (χ3v) is 2.77. The summed E-state index contributed by atoms with van der Waals surface area (Å²) in [6.45, 7) is 0.612. The van der Waals surface area contributed by atoms with Crippen LogP contribution in [0, 0.1) is 5.92 Å². The summed E-state index contributed by atoms with van der Waals surface area (Å²) < 4.78 is 5.15. The number of rotatable bonds is 5. The van der Waals surface area contributed by atoms with Gasteiger partial charge in [-0.2, -0.15) is 0 Å². The van der Waals surface area contributed by atoms with Crippen molar-refractivity contribution >= 4 is 11.7 Å². The van der Waals surface area contributed by atoms with Crippen LogP contribution in [0.4, 0.5) is 5.69 Å². The van der Waals surface area contributed by atoms with E-state index in [0.717, 1.165) is 17.7 Å². The molecular weight excluding hydrogens is 202 g/mol. The van der Waals surface area contributed by atoms with Crippen LogP contribution in [0.5, 0.6) is 0 Å². The number of hydrogen-bond donors (Lipinski definition) is 1. The van der Waals surface area contributed by atoms with Gasteiger partial charge in [0.1, 0.15) is 0 Å². The van der Waals surface area contributed by atoms with Crippen LogP contribution in [-0.4, -0.2) is 12.6 Å². The first-order valence-electron chi connectivity index (χ1n) is 5.74. The molecule has 1 saturated carbocycles. The minimum atomic E-state index is -0.0938. The first-order chi connectivity index (χ1) is 7.74. The molecule has 1 aliphatic rings. The predicted molar refractivity (Wildman–Crippen MR) is 62.9 cm³/mol. The van der Waals surface area contributed by atoms with Crippen molar-refractivity contribution in [3.8, 4) is 0 Å². The van der Waals surface area contributed by atoms with Crippen molar-refractivity contribution in [3.63, 3.8) is 0 Å². The molecule has 0 saturated heterocycles. The molecule has 2 N–H and O–H groups in total. The number of ether oxygens (including phenoxy) is 1. The zero-order valence-electron chi connectivity index (χ0n) is 9.32. The lowest BCUT2D eigenvalue weighted by atomic mass is 10.1. The standard InChI is InChI=1S/C13H17NO2/c14-12-6-3-10(4-7-12)5-8-13(15)16-9-11-1-2-11/h3-4,6-7,11H,1-2,5,8-9,14H2. The number of carbonyl (C=O) groups is 1. The fourth-order valence-corrected chi connectivity index (χ4v) is 1.50. The smallest absolute Gasteiger partial charge is 0.306 e. The van der Waals surface area contributed by atoms with E-state index >= 15 is 0 Å². The van der Waals surface area contributed by atoms with Crippen molar-refractivity contribution in [3.05, 3.63) is 29.8 Å². The van der Waals surface area contributed by atoms with E-state index in [1.54, 1.807) is 0 Å². The minimum Gasteiger partial charge on any atom is -0.465 e. The molecule has 1 aromatic rings. The molecule has 0 heterocycles. The Hall–Kier alpha value is -1.51. The van der Waals surface area contributed by atoms with Crippen molar-refractivity contribution in [1.82, 2.24) is 0 Å². The van der Waals surface area contributed by atoms with Crippen LogP contribution in [0.25, 0.3) is 0 Å². The number of hydrogen-bond acceptors (Lipinski definition) is 3. The molecule has 0 radical (unpaired) electrons. The van der Waals surface area contributed by atoms with E-state index in [4.69, 9.17) is 10.5 Å². The summed E-state index contributed by atoms with van der Waals surface area (Å²) in [6.07, 6.45) is 3.61. The molecule has 1 aliphatic carbocycles. The number of aryl methyl sites for hydroxylation is 1. The Balaban J connectivity index is 1.69. The highest BCUT2D eigenvalue weighted by Crippen LogP contribution is 2.28. The molecule has 1 aromatic carbocycles. The number of nitrogen functional groups attached to an aromatic ring is 1. The third kappa shape index (κ3) is 3.57. The van der Waals surface area contributed by atoms with E-state index in [0.29, 0.717) is 18.9 Å². The number of nitrogens with two attached hydrogens (primary N) is 1. The van der Waals surface area contributed by atoms with Gasteiger partial charge in [-0.25, -0.2) is 0 Å². The lowest BCUT2D eigenvalue weighted by Crippen LogP contribution is -2.08. The first-order valence-corrected chi connectivity index (χ1v) is 5.74. The SMILES string of the molecule is Nc1ccc(CCC(=O)OCC2CC2)cc1. The van der Waals surface area contributed by atoms with Gasteiger partial charge in [0.05, 0.1) is 6.61 Å². The Morgan fingerprint density at radius 1 is 1.31 bits per heavy atom. The monoisotopic (exact) mass is 219 g/mol. The molecule has 0 bridgehead atoms. The number of benzene rings is 1. The summed E-state index contributed by atoms with van der Waals surface area (Å²) in [5.74, 6) is 0.546. The van der Waals surface area contributed by atoms with E-state index < -0.39 is 0 Å². The molecule has 0 spiro atoms. The lowest BCUT2D eigenvalue weighted by molar-refractivity contribution is -0.144. The van der Waals surface area contributed by atoms with Crippen molar-refractivity contribution in [2.24, 2.45) is 5.92 Å². The topological polar surface area (TPSA) is 52.3 Å². The van der Waals surface area contributed by atoms with Gasteiger partial charge in [-0.1, -0.05) is 12.1 Å². The van der Waals surface area contributed by atoms with Gasteiger partial charge in [0.25, 0.3) is 0 Å². The van der Waals surface area contributed by atoms with E-state index in [1.165, 1.54) is 12.8 Å². The second kappa shape index (κ2) is 5.01. The molecular formula is C13H17NO2. The Kier molecular flexibility index (Phi) is 3.44. The molecule has 2 rings (SSSR count). The van der Waals surface area contributed by atoms with E-state index in [2.05, 4.69) is 0 Å². The minimum absolute atomic E-state index is 0.0938. The Bertz CT molecular complexity index is 355. The predicted octanol–water partition coefficient (Wildman–Crippen LogP) is 2.15. The maximum Gasteiger partial charge on any atom is 0.306 e. The summed E-state index contributed by atoms with van der Waals surface area (Å²) in [4.78, 5) is 11.4. The van der Waals surface area contributed by atoms with Crippen LogP contribution < -0.4 is 5.73 Å². The van der Waals surface area contributed by atoms with Gasteiger partial charge in [0, 0.05) is 12.1 Å². The molecule has 3 nitrogen and oxygen atoms in total. The van der Waals surface area contributed by atoms with Crippen LogP contribution in [0.2, 0.25) is 0 Å². The van der Waals surface area contributed by atoms with Crippen LogP contribution in [0.1, 0.15) is 24.8 Å². The maximum atomic E-state index is 11.4. The molecule has 3 heteroatoms.